The van der Waals surface area contributed by atoms with Crippen LogP contribution in [0.25, 0.3) is 0 Å². The zero-order valence-corrected chi connectivity index (χ0v) is 10.0. The van der Waals surface area contributed by atoms with Crippen molar-refractivity contribution in [3.8, 4) is 0 Å². The number of aliphatic hydroxyl groups is 1. The van der Waals surface area contributed by atoms with Gasteiger partial charge in [0.2, 0.25) is 0 Å². The molecule has 0 saturated carbocycles. The molecule has 0 spiro atoms. The van der Waals surface area contributed by atoms with E-state index in [9.17, 15) is 5.11 Å². The fourth-order valence-corrected chi connectivity index (χ4v) is 2.50. The fourth-order valence-electron chi connectivity index (χ4n) is 2.50. The summed E-state index contributed by atoms with van der Waals surface area (Å²) in [5.41, 5.74) is 0. The molecule has 0 aromatic carbocycles. The summed E-state index contributed by atoms with van der Waals surface area (Å²) in [6.45, 7) is 9.98. The molecule has 4 unspecified atom stereocenters. The second kappa shape index (κ2) is 5.13. The first-order chi connectivity index (χ1) is 6.57. The van der Waals surface area contributed by atoms with Gasteiger partial charge in [-0.2, -0.15) is 0 Å². The Hall–Kier alpha value is -0.0800. The third-order valence-electron chi connectivity index (χ3n) is 3.92. The molecule has 1 saturated heterocycles. The number of aliphatic hydroxyl groups excluding tert-OH is 1. The van der Waals surface area contributed by atoms with Crippen LogP contribution >= 0.6 is 0 Å². The maximum atomic E-state index is 9.84. The molecule has 0 amide bonds. The largest absolute Gasteiger partial charge is 0.392 e. The lowest BCUT2D eigenvalue weighted by molar-refractivity contribution is 0.00267. The van der Waals surface area contributed by atoms with Crippen molar-refractivity contribution in [2.75, 3.05) is 6.54 Å². The van der Waals surface area contributed by atoms with Gasteiger partial charge in [0.05, 0.1) is 6.10 Å². The van der Waals surface area contributed by atoms with Gasteiger partial charge >= 0.3 is 0 Å². The van der Waals surface area contributed by atoms with Gasteiger partial charge in [-0.15, -0.1) is 0 Å². The van der Waals surface area contributed by atoms with E-state index in [1.807, 2.05) is 0 Å². The molecule has 0 bridgehead atoms. The number of nitrogens with zero attached hydrogens (tertiary/aromatic N) is 1. The molecule has 1 aliphatic heterocycles. The van der Waals surface area contributed by atoms with Crippen LogP contribution in [0.2, 0.25) is 0 Å². The highest BCUT2D eigenvalue weighted by Gasteiger charge is 2.30. The fraction of sp³-hybridized carbons (Fsp3) is 1.00. The molecule has 1 rings (SSSR count). The first-order valence-corrected chi connectivity index (χ1v) is 6.01. The second-order valence-electron chi connectivity index (χ2n) is 4.81. The van der Waals surface area contributed by atoms with Gasteiger partial charge in [-0.1, -0.05) is 13.8 Å². The Balaban J connectivity index is 2.57. The predicted octanol–water partition coefficient (Wildman–Crippen LogP) is 2.27. The summed E-state index contributed by atoms with van der Waals surface area (Å²) in [6, 6.07) is 0.942. The van der Waals surface area contributed by atoms with E-state index in [-0.39, 0.29) is 6.10 Å². The molecule has 14 heavy (non-hydrogen) atoms. The molecule has 0 radical (unpaired) electrons. The minimum Gasteiger partial charge on any atom is -0.392 e. The van der Waals surface area contributed by atoms with E-state index in [2.05, 4.69) is 32.6 Å². The molecule has 84 valence electrons. The Kier molecular flexibility index (Phi) is 4.39. The topological polar surface area (TPSA) is 23.5 Å². The minimum absolute atomic E-state index is 0.164. The van der Waals surface area contributed by atoms with Gasteiger partial charge in [0.15, 0.2) is 0 Å². The minimum atomic E-state index is -0.164. The monoisotopic (exact) mass is 199 g/mol. The first kappa shape index (κ1) is 12.0. The lowest BCUT2D eigenvalue weighted by Crippen LogP contribution is -2.51. The van der Waals surface area contributed by atoms with Crippen LogP contribution in [0.4, 0.5) is 0 Å². The van der Waals surface area contributed by atoms with Crippen LogP contribution in [0.15, 0.2) is 0 Å². The number of rotatable bonds is 3. The summed E-state index contributed by atoms with van der Waals surface area (Å²) in [7, 11) is 0. The van der Waals surface area contributed by atoms with Crippen molar-refractivity contribution < 1.29 is 5.11 Å². The smallest absolute Gasteiger partial charge is 0.0690 e. The van der Waals surface area contributed by atoms with Crippen LogP contribution in [0, 0.1) is 5.92 Å². The van der Waals surface area contributed by atoms with Crippen LogP contribution < -0.4 is 0 Å². The van der Waals surface area contributed by atoms with Crippen molar-refractivity contribution in [1.82, 2.24) is 4.90 Å². The van der Waals surface area contributed by atoms with Crippen LogP contribution in [-0.4, -0.2) is 34.7 Å². The number of piperidine rings is 1. The van der Waals surface area contributed by atoms with E-state index in [1.165, 1.54) is 12.8 Å². The summed E-state index contributed by atoms with van der Waals surface area (Å²) < 4.78 is 0. The van der Waals surface area contributed by atoms with Gasteiger partial charge in [0, 0.05) is 12.1 Å². The Morgan fingerprint density at radius 3 is 2.64 bits per heavy atom. The quantitative estimate of drug-likeness (QED) is 0.753. The zero-order valence-electron chi connectivity index (χ0n) is 10.0. The van der Waals surface area contributed by atoms with Crippen LogP contribution in [0.1, 0.15) is 47.0 Å². The molecule has 0 aliphatic carbocycles. The molecule has 1 aliphatic rings. The van der Waals surface area contributed by atoms with Gasteiger partial charge in [-0.25, -0.2) is 0 Å². The average molecular weight is 199 g/mol. The van der Waals surface area contributed by atoms with Crippen LogP contribution in [0.3, 0.4) is 0 Å². The van der Waals surface area contributed by atoms with E-state index in [1.54, 1.807) is 0 Å². The molecule has 1 N–H and O–H groups in total. The maximum Gasteiger partial charge on any atom is 0.0690 e. The first-order valence-electron chi connectivity index (χ1n) is 6.01. The van der Waals surface area contributed by atoms with Crippen molar-refractivity contribution in [2.24, 2.45) is 5.92 Å². The third kappa shape index (κ3) is 2.48. The number of hydrogen-bond acceptors (Lipinski definition) is 2. The van der Waals surface area contributed by atoms with Gasteiger partial charge in [-0.05, 0) is 45.6 Å². The Labute approximate surface area is 88.3 Å². The van der Waals surface area contributed by atoms with E-state index >= 15 is 0 Å². The summed E-state index contributed by atoms with van der Waals surface area (Å²) in [5.74, 6) is 0.773. The van der Waals surface area contributed by atoms with Crippen molar-refractivity contribution in [2.45, 2.75) is 65.1 Å². The predicted molar refractivity (Wildman–Crippen MR) is 60.3 cm³/mol. The molecular weight excluding hydrogens is 174 g/mol. The van der Waals surface area contributed by atoms with E-state index in [0.29, 0.717) is 12.1 Å². The highest BCUT2D eigenvalue weighted by Crippen LogP contribution is 2.25. The highest BCUT2D eigenvalue weighted by molar-refractivity contribution is 4.84. The summed E-state index contributed by atoms with van der Waals surface area (Å²) in [5, 5.41) is 9.84. The lowest BCUT2D eigenvalue weighted by Gasteiger charge is -2.43. The molecule has 0 aromatic rings. The van der Waals surface area contributed by atoms with E-state index < -0.39 is 0 Å². The Bertz CT molecular complexity index is 172. The number of likely N-dealkylation sites (tertiary alicyclic amines) is 1. The normalized spacial score (nSPS) is 34.1. The molecule has 2 nitrogen and oxygen atoms in total. The van der Waals surface area contributed by atoms with Crippen molar-refractivity contribution >= 4 is 0 Å². The molecule has 4 atom stereocenters. The Morgan fingerprint density at radius 2 is 2.07 bits per heavy atom. The molecular formula is C12H25NO. The SMILES string of the molecule is CCC(O)C(C)N1CCCC(C)C1C. The molecule has 2 heteroatoms. The molecule has 0 aromatic heterocycles. The maximum absolute atomic E-state index is 9.84. The molecule has 1 heterocycles. The standard InChI is InChI=1S/C12H25NO/c1-5-12(14)11(4)13-8-6-7-9(2)10(13)3/h9-12,14H,5-8H2,1-4H3. The highest BCUT2D eigenvalue weighted by atomic mass is 16.3. The van der Waals surface area contributed by atoms with Crippen molar-refractivity contribution in [3.63, 3.8) is 0 Å². The number of hydrogen-bond donors (Lipinski definition) is 1. The summed E-state index contributed by atoms with van der Waals surface area (Å²) in [6.07, 6.45) is 3.32. The van der Waals surface area contributed by atoms with Gasteiger partial charge in [0.25, 0.3) is 0 Å². The van der Waals surface area contributed by atoms with Gasteiger partial charge in [0.1, 0.15) is 0 Å². The van der Waals surface area contributed by atoms with Gasteiger partial charge < -0.3 is 5.11 Å². The Morgan fingerprint density at radius 1 is 1.43 bits per heavy atom. The second-order valence-corrected chi connectivity index (χ2v) is 4.81. The van der Waals surface area contributed by atoms with E-state index in [4.69, 9.17) is 0 Å². The van der Waals surface area contributed by atoms with Crippen LogP contribution in [-0.2, 0) is 0 Å². The van der Waals surface area contributed by atoms with E-state index in [0.717, 1.165) is 18.9 Å². The van der Waals surface area contributed by atoms with Crippen LogP contribution in [0.5, 0.6) is 0 Å². The summed E-state index contributed by atoms with van der Waals surface area (Å²) >= 11 is 0. The molecule has 1 fully saturated rings. The zero-order chi connectivity index (χ0) is 10.7. The van der Waals surface area contributed by atoms with Crippen molar-refractivity contribution in [3.05, 3.63) is 0 Å². The van der Waals surface area contributed by atoms with Gasteiger partial charge in [-0.3, -0.25) is 4.90 Å². The van der Waals surface area contributed by atoms with Crippen molar-refractivity contribution in [1.29, 1.82) is 0 Å². The lowest BCUT2D eigenvalue weighted by atomic mass is 9.90. The average Bonchev–Trinajstić information content (AvgIpc) is 2.20. The third-order valence-corrected chi connectivity index (χ3v) is 3.92. The summed E-state index contributed by atoms with van der Waals surface area (Å²) in [4.78, 5) is 2.47.